The topological polar surface area (TPSA) is 49.4 Å². The second kappa shape index (κ2) is 6.85. The summed E-state index contributed by atoms with van der Waals surface area (Å²) in [6, 6.07) is 8.20. The minimum Gasteiger partial charge on any atom is -0.343 e. The van der Waals surface area contributed by atoms with Gasteiger partial charge < -0.3 is 10.2 Å². The van der Waals surface area contributed by atoms with E-state index in [1.165, 1.54) is 4.90 Å². The van der Waals surface area contributed by atoms with Crippen LogP contribution in [0.25, 0.3) is 0 Å². The Morgan fingerprint density at radius 2 is 1.91 bits per heavy atom. The van der Waals surface area contributed by atoms with Crippen molar-refractivity contribution in [2.45, 2.75) is 24.6 Å². The number of rotatable bonds is 3. The molecule has 2 atom stereocenters. The molecular weight excluding hydrogens is 309 g/mol. The van der Waals surface area contributed by atoms with Gasteiger partial charge in [-0.3, -0.25) is 9.59 Å². The molecule has 0 radical (unpaired) electrons. The van der Waals surface area contributed by atoms with E-state index in [0.717, 1.165) is 11.6 Å². The summed E-state index contributed by atoms with van der Waals surface area (Å²) in [5.41, 5.74) is 0.839. The van der Waals surface area contributed by atoms with Gasteiger partial charge in [-0.15, -0.1) is 0 Å². The average molecular weight is 326 g/mol. The SMILES string of the molecule is C=CC(=O)N1CC[C@H](c2ccccc2)[C@H](NC(=O)C(F)(F)F)C1. The molecular formula is C16H17F3N2O2. The molecule has 0 aromatic heterocycles. The highest BCUT2D eigenvalue weighted by molar-refractivity contribution is 5.87. The largest absolute Gasteiger partial charge is 0.471 e. The highest BCUT2D eigenvalue weighted by Gasteiger charge is 2.42. The fraction of sp³-hybridized carbons (Fsp3) is 0.375. The molecule has 1 aromatic carbocycles. The second-order valence-electron chi connectivity index (χ2n) is 5.37. The lowest BCUT2D eigenvalue weighted by atomic mass is 9.85. The Balaban J connectivity index is 2.21. The van der Waals surface area contributed by atoms with Crippen LogP contribution in [0.3, 0.4) is 0 Å². The molecule has 0 bridgehead atoms. The molecule has 1 N–H and O–H groups in total. The summed E-state index contributed by atoms with van der Waals surface area (Å²) in [5.74, 6) is -2.63. The zero-order valence-electron chi connectivity index (χ0n) is 12.3. The zero-order valence-corrected chi connectivity index (χ0v) is 12.3. The van der Waals surface area contributed by atoms with Gasteiger partial charge in [0.2, 0.25) is 5.91 Å². The number of amides is 2. The van der Waals surface area contributed by atoms with Crippen molar-refractivity contribution in [3.8, 4) is 0 Å². The van der Waals surface area contributed by atoms with Gasteiger partial charge in [-0.05, 0) is 18.1 Å². The van der Waals surface area contributed by atoms with Gasteiger partial charge in [0.25, 0.3) is 0 Å². The first kappa shape index (κ1) is 17.1. The first-order chi connectivity index (χ1) is 10.8. The zero-order chi connectivity index (χ0) is 17.0. The first-order valence-electron chi connectivity index (χ1n) is 7.17. The minimum atomic E-state index is -4.95. The summed E-state index contributed by atoms with van der Waals surface area (Å²) in [5, 5.41) is 2.02. The van der Waals surface area contributed by atoms with E-state index in [2.05, 4.69) is 6.58 Å². The Morgan fingerprint density at radius 3 is 2.48 bits per heavy atom. The number of benzene rings is 1. The molecule has 1 aliphatic rings. The quantitative estimate of drug-likeness (QED) is 0.866. The summed E-state index contributed by atoms with van der Waals surface area (Å²) < 4.78 is 37.6. The van der Waals surface area contributed by atoms with Gasteiger partial charge in [0.05, 0.1) is 6.04 Å². The minimum absolute atomic E-state index is 0.0201. The van der Waals surface area contributed by atoms with E-state index < -0.39 is 18.1 Å². The molecule has 7 heteroatoms. The van der Waals surface area contributed by atoms with Crippen molar-refractivity contribution in [3.05, 3.63) is 48.6 Å². The molecule has 1 fully saturated rings. The number of piperidine rings is 1. The third-order valence-corrected chi connectivity index (χ3v) is 3.90. The van der Waals surface area contributed by atoms with Crippen LogP contribution in [-0.2, 0) is 9.59 Å². The molecule has 23 heavy (non-hydrogen) atoms. The monoisotopic (exact) mass is 326 g/mol. The van der Waals surface area contributed by atoms with Crippen LogP contribution < -0.4 is 5.32 Å². The normalized spacial score (nSPS) is 21.6. The van der Waals surface area contributed by atoms with E-state index in [4.69, 9.17) is 0 Å². The molecule has 0 aliphatic carbocycles. The van der Waals surface area contributed by atoms with Gasteiger partial charge in [-0.2, -0.15) is 13.2 Å². The number of likely N-dealkylation sites (tertiary alicyclic amines) is 1. The fourth-order valence-corrected chi connectivity index (χ4v) is 2.78. The van der Waals surface area contributed by atoms with Crippen molar-refractivity contribution in [3.63, 3.8) is 0 Å². The number of alkyl halides is 3. The molecule has 1 aliphatic heterocycles. The molecule has 1 saturated heterocycles. The number of nitrogens with one attached hydrogen (secondary N) is 1. The highest BCUT2D eigenvalue weighted by Crippen LogP contribution is 2.29. The Kier molecular flexibility index (Phi) is 5.08. The average Bonchev–Trinajstić information content (AvgIpc) is 2.54. The number of hydrogen-bond acceptors (Lipinski definition) is 2. The molecule has 0 spiro atoms. The van der Waals surface area contributed by atoms with E-state index in [1.807, 2.05) is 23.5 Å². The Bertz CT molecular complexity index is 587. The van der Waals surface area contributed by atoms with Gasteiger partial charge in [0, 0.05) is 19.0 Å². The standard InChI is InChI=1S/C16H17F3N2O2/c1-2-14(22)21-9-8-12(11-6-4-3-5-7-11)13(10-21)20-15(23)16(17,18)19/h2-7,12-13H,1,8-10H2,(H,20,23)/t12-,13-/m1/s1. The second-order valence-corrected chi connectivity index (χ2v) is 5.37. The van der Waals surface area contributed by atoms with Crippen molar-refractivity contribution in [2.24, 2.45) is 0 Å². The van der Waals surface area contributed by atoms with Crippen molar-refractivity contribution < 1.29 is 22.8 Å². The maximum Gasteiger partial charge on any atom is 0.471 e. The van der Waals surface area contributed by atoms with Gasteiger partial charge >= 0.3 is 12.1 Å². The third kappa shape index (κ3) is 4.12. The van der Waals surface area contributed by atoms with E-state index in [1.54, 1.807) is 12.1 Å². The predicted octanol–water partition coefficient (Wildman–Crippen LogP) is 2.24. The van der Waals surface area contributed by atoms with Crippen molar-refractivity contribution in [1.29, 1.82) is 0 Å². The predicted molar refractivity (Wildman–Crippen MR) is 78.6 cm³/mol. The lowest BCUT2D eigenvalue weighted by molar-refractivity contribution is -0.175. The van der Waals surface area contributed by atoms with Crippen molar-refractivity contribution in [1.82, 2.24) is 10.2 Å². The molecule has 124 valence electrons. The molecule has 2 rings (SSSR count). The van der Waals surface area contributed by atoms with Crippen LogP contribution in [0.1, 0.15) is 17.9 Å². The van der Waals surface area contributed by atoms with Gasteiger partial charge in [0.15, 0.2) is 0 Å². The van der Waals surface area contributed by atoms with Gasteiger partial charge in [0.1, 0.15) is 0 Å². The van der Waals surface area contributed by atoms with Gasteiger partial charge in [-0.25, -0.2) is 0 Å². The first-order valence-corrected chi connectivity index (χ1v) is 7.17. The summed E-state index contributed by atoms with van der Waals surface area (Å²) >= 11 is 0. The van der Waals surface area contributed by atoms with Crippen LogP contribution in [-0.4, -0.2) is 42.0 Å². The van der Waals surface area contributed by atoms with Crippen LogP contribution in [0.2, 0.25) is 0 Å². The lowest BCUT2D eigenvalue weighted by Gasteiger charge is -2.39. The lowest BCUT2D eigenvalue weighted by Crippen LogP contribution is -2.55. The molecule has 2 amide bonds. The molecule has 1 heterocycles. The van der Waals surface area contributed by atoms with Crippen LogP contribution in [0.4, 0.5) is 13.2 Å². The Labute approximate surface area is 132 Å². The number of carbonyl (C=O) groups is 2. The summed E-state index contributed by atoms with van der Waals surface area (Å²) in [6.45, 7) is 3.81. The van der Waals surface area contributed by atoms with E-state index in [-0.39, 0.29) is 18.4 Å². The molecule has 1 aromatic rings. The third-order valence-electron chi connectivity index (χ3n) is 3.90. The highest BCUT2D eigenvalue weighted by atomic mass is 19.4. The van der Waals surface area contributed by atoms with E-state index in [0.29, 0.717) is 13.0 Å². The number of hydrogen-bond donors (Lipinski definition) is 1. The summed E-state index contributed by atoms with van der Waals surface area (Å²) in [4.78, 5) is 24.4. The molecule has 4 nitrogen and oxygen atoms in total. The van der Waals surface area contributed by atoms with Crippen LogP contribution in [0.5, 0.6) is 0 Å². The maximum absolute atomic E-state index is 12.5. The fourth-order valence-electron chi connectivity index (χ4n) is 2.78. The Hall–Kier alpha value is -2.31. The van der Waals surface area contributed by atoms with Crippen molar-refractivity contribution >= 4 is 11.8 Å². The summed E-state index contributed by atoms with van der Waals surface area (Å²) in [6.07, 6.45) is -3.37. The number of halogens is 3. The van der Waals surface area contributed by atoms with E-state index in [9.17, 15) is 22.8 Å². The maximum atomic E-state index is 12.5. The number of carbonyl (C=O) groups excluding carboxylic acids is 2. The molecule has 0 saturated carbocycles. The Morgan fingerprint density at radius 1 is 1.26 bits per heavy atom. The van der Waals surface area contributed by atoms with E-state index >= 15 is 0 Å². The number of nitrogens with zero attached hydrogens (tertiary/aromatic N) is 1. The molecule has 0 unspecified atom stereocenters. The summed E-state index contributed by atoms with van der Waals surface area (Å²) in [7, 11) is 0. The van der Waals surface area contributed by atoms with Crippen LogP contribution >= 0.6 is 0 Å². The van der Waals surface area contributed by atoms with Gasteiger partial charge in [-0.1, -0.05) is 36.9 Å². The van der Waals surface area contributed by atoms with Crippen molar-refractivity contribution in [2.75, 3.05) is 13.1 Å². The smallest absolute Gasteiger partial charge is 0.343 e. The van der Waals surface area contributed by atoms with Crippen LogP contribution in [0.15, 0.2) is 43.0 Å². The van der Waals surface area contributed by atoms with Crippen LogP contribution in [0, 0.1) is 0 Å².